The number of aromatic nitrogens is 3. The van der Waals surface area contributed by atoms with Crippen LogP contribution in [0.15, 0.2) is 42.6 Å². The third-order valence-corrected chi connectivity index (χ3v) is 5.34. The van der Waals surface area contributed by atoms with Crippen molar-refractivity contribution >= 4 is 29.1 Å². The van der Waals surface area contributed by atoms with E-state index in [4.69, 9.17) is 16.3 Å². The van der Waals surface area contributed by atoms with Gasteiger partial charge >= 0.3 is 0 Å². The number of methoxy groups -OCH3 is 1. The molecule has 1 N–H and O–H groups in total. The molecule has 8 heteroatoms. The van der Waals surface area contributed by atoms with Crippen molar-refractivity contribution in [2.75, 3.05) is 25.1 Å². The molecule has 1 fully saturated rings. The summed E-state index contributed by atoms with van der Waals surface area (Å²) in [4.78, 5) is 14.8. The van der Waals surface area contributed by atoms with Crippen LogP contribution in [-0.2, 0) is 11.3 Å². The van der Waals surface area contributed by atoms with Gasteiger partial charge in [0.2, 0.25) is 11.9 Å². The molecule has 1 amide bonds. The number of halogens is 1. The van der Waals surface area contributed by atoms with Crippen LogP contribution in [0, 0.1) is 5.92 Å². The molecule has 0 unspecified atom stereocenters. The molecule has 3 heterocycles. The molecule has 7 nitrogen and oxygen atoms in total. The van der Waals surface area contributed by atoms with Gasteiger partial charge < -0.3 is 15.0 Å². The van der Waals surface area contributed by atoms with Crippen LogP contribution < -0.4 is 15.0 Å². The number of pyridine rings is 1. The Hall–Kier alpha value is -2.80. The van der Waals surface area contributed by atoms with Gasteiger partial charge in [0.1, 0.15) is 5.75 Å². The van der Waals surface area contributed by atoms with Crippen LogP contribution in [0.1, 0.15) is 18.4 Å². The summed E-state index contributed by atoms with van der Waals surface area (Å²) in [7, 11) is 1.63. The lowest BCUT2D eigenvalue weighted by Crippen LogP contribution is -2.43. The van der Waals surface area contributed by atoms with Gasteiger partial charge in [-0.1, -0.05) is 23.7 Å². The number of hydrogen-bond acceptors (Lipinski definition) is 5. The lowest BCUT2D eigenvalue weighted by Gasteiger charge is -2.32. The lowest BCUT2D eigenvalue weighted by atomic mass is 9.97. The Morgan fingerprint density at radius 3 is 3.07 bits per heavy atom. The summed E-state index contributed by atoms with van der Waals surface area (Å²) in [6, 6.07) is 11.4. The smallest absolute Gasteiger partial charge is 0.231 e. The van der Waals surface area contributed by atoms with E-state index in [2.05, 4.69) is 20.4 Å². The average Bonchev–Trinajstić information content (AvgIpc) is 3.18. The van der Waals surface area contributed by atoms with Crippen LogP contribution in [0.4, 0.5) is 5.95 Å². The fourth-order valence-electron chi connectivity index (χ4n) is 3.58. The highest BCUT2D eigenvalue weighted by Gasteiger charge is 2.28. The van der Waals surface area contributed by atoms with Crippen molar-refractivity contribution in [2.24, 2.45) is 5.92 Å². The quantitative estimate of drug-likeness (QED) is 0.714. The molecular weight excluding hydrogens is 378 g/mol. The van der Waals surface area contributed by atoms with Crippen LogP contribution in [0.3, 0.4) is 0 Å². The highest BCUT2D eigenvalue weighted by molar-refractivity contribution is 6.33. The predicted molar refractivity (Wildman–Crippen MR) is 108 cm³/mol. The van der Waals surface area contributed by atoms with E-state index in [-0.39, 0.29) is 11.8 Å². The highest BCUT2D eigenvalue weighted by Crippen LogP contribution is 2.25. The predicted octanol–water partition coefficient (Wildman–Crippen LogP) is 2.92. The van der Waals surface area contributed by atoms with Crippen molar-refractivity contribution in [3.05, 3.63) is 53.2 Å². The summed E-state index contributed by atoms with van der Waals surface area (Å²) in [5, 5.41) is 12.1. The van der Waals surface area contributed by atoms with Gasteiger partial charge in [0.25, 0.3) is 0 Å². The Morgan fingerprint density at radius 2 is 2.21 bits per heavy atom. The van der Waals surface area contributed by atoms with Crippen molar-refractivity contribution in [2.45, 2.75) is 19.4 Å². The Kier molecular flexibility index (Phi) is 5.34. The first-order valence-corrected chi connectivity index (χ1v) is 9.68. The van der Waals surface area contributed by atoms with Crippen LogP contribution >= 0.6 is 11.6 Å². The normalized spacial score (nSPS) is 16.9. The summed E-state index contributed by atoms with van der Waals surface area (Å²) >= 11 is 6.19. The molecule has 1 aromatic carbocycles. The molecular formula is C20H22ClN5O2. The Labute approximate surface area is 168 Å². The lowest BCUT2D eigenvalue weighted by molar-refractivity contribution is -0.125. The first-order valence-electron chi connectivity index (χ1n) is 9.30. The van der Waals surface area contributed by atoms with Crippen LogP contribution in [0.5, 0.6) is 5.75 Å². The topological polar surface area (TPSA) is 71.8 Å². The zero-order valence-corrected chi connectivity index (χ0v) is 16.4. The maximum Gasteiger partial charge on any atom is 0.231 e. The second-order valence-electron chi connectivity index (χ2n) is 6.90. The monoisotopic (exact) mass is 399 g/mol. The first kappa shape index (κ1) is 18.6. The van der Waals surface area contributed by atoms with E-state index in [9.17, 15) is 4.79 Å². The number of piperidine rings is 1. The molecule has 0 aliphatic carbocycles. The maximum absolute atomic E-state index is 12.7. The Morgan fingerprint density at radius 1 is 1.32 bits per heavy atom. The summed E-state index contributed by atoms with van der Waals surface area (Å²) in [6.45, 7) is 1.93. The van der Waals surface area contributed by atoms with Crippen molar-refractivity contribution in [3.63, 3.8) is 0 Å². The number of ether oxygens (including phenoxy) is 1. The number of benzene rings is 1. The van der Waals surface area contributed by atoms with Crippen molar-refractivity contribution < 1.29 is 9.53 Å². The zero-order valence-electron chi connectivity index (χ0n) is 15.6. The molecule has 1 aliphatic rings. The molecule has 146 valence electrons. The van der Waals surface area contributed by atoms with Gasteiger partial charge in [-0.25, -0.2) is 0 Å². The molecule has 1 saturated heterocycles. The van der Waals surface area contributed by atoms with E-state index in [0.29, 0.717) is 23.8 Å². The summed E-state index contributed by atoms with van der Waals surface area (Å²) in [5.74, 6) is 1.47. The first-order chi connectivity index (χ1) is 13.7. The van der Waals surface area contributed by atoms with Crippen LogP contribution in [-0.4, -0.2) is 40.7 Å². The fourth-order valence-corrected chi connectivity index (χ4v) is 3.78. The standard InChI is InChI=1S/C20H22ClN5O2/c1-28-16-7-2-5-14(11-16)12-22-19(27)15-6-3-9-25(13-15)20-24-23-18-17(21)8-4-10-26(18)20/h2,4-5,7-8,10-11,15H,3,6,9,12-13H2,1H3,(H,22,27)/t15-/m0/s1. The molecule has 2 aromatic heterocycles. The summed E-state index contributed by atoms with van der Waals surface area (Å²) < 4.78 is 7.11. The van der Waals surface area contributed by atoms with E-state index in [1.54, 1.807) is 13.2 Å². The molecule has 1 aliphatic heterocycles. The van der Waals surface area contributed by atoms with Gasteiger partial charge in [-0.3, -0.25) is 9.20 Å². The average molecular weight is 400 g/mol. The second kappa shape index (κ2) is 8.06. The molecule has 4 rings (SSSR count). The number of nitrogens with zero attached hydrogens (tertiary/aromatic N) is 4. The molecule has 0 bridgehead atoms. The van der Waals surface area contributed by atoms with Crippen molar-refractivity contribution in [1.82, 2.24) is 19.9 Å². The minimum atomic E-state index is -0.0918. The zero-order chi connectivity index (χ0) is 19.5. The van der Waals surface area contributed by atoms with E-state index >= 15 is 0 Å². The minimum Gasteiger partial charge on any atom is -0.497 e. The van der Waals surface area contributed by atoms with Gasteiger partial charge in [-0.2, -0.15) is 0 Å². The maximum atomic E-state index is 12.7. The molecule has 1 atom stereocenters. The molecule has 0 spiro atoms. The van der Waals surface area contributed by atoms with E-state index in [0.717, 1.165) is 36.6 Å². The van der Waals surface area contributed by atoms with Crippen LogP contribution in [0.2, 0.25) is 5.02 Å². The SMILES string of the molecule is COc1cccc(CNC(=O)[C@H]2CCCN(c3nnc4c(Cl)cccn34)C2)c1. The van der Waals surface area contributed by atoms with Gasteiger partial charge in [0.15, 0.2) is 5.65 Å². The van der Waals surface area contributed by atoms with E-state index in [1.165, 1.54) is 0 Å². The molecule has 28 heavy (non-hydrogen) atoms. The molecule has 3 aromatic rings. The van der Waals surface area contributed by atoms with Gasteiger partial charge in [0.05, 0.1) is 18.1 Å². The molecule has 0 radical (unpaired) electrons. The van der Waals surface area contributed by atoms with Crippen molar-refractivity contribution in [3.8, 4) is 5.75 Å². The summed E-state index contributed by atoms with van der Waals surface area (Å²) in [6.07, 6.45) is 3.67. The number of rotatable bonds is 5. The van der Waals surface area contributed by atoms with Gasteiger partial charge in [-0.15, -0.1) is 10.2 Å². The number of nitrogens with one attached hydrogen (secondary N) is 1. The largest absolute Gasteiger partial charge is 0.497 e. The fraction of sp³-hybridized carbons (Fsp3) is 0.350. The number of hydrogen-bond donors (Lipinski definition) is 1. The van der Waals surface area contributed by atoms with Crippen LogP contribution in [0.25, 0.3) is 5.65 Å². The number of fused-ring (bicyclic) bond motifs is 1. The van der Waals surface area contributed by atoms with Gasteiger partial charge in [0, 0.05) is 25.8 Å². The third kappa shape index (κ3) is 3.75. The Balaban J connectivity index is 1.43. The molecule has 0 saturated carbocycles. The number of carbonyl (C=O) groups is 1. The number of carbonyl (C=O) groups excluding carboxylic acids is 1. The van der Waals surface area contributed by atoms with E-state index in [1.807, 2.05) is 40.9 Å². The number of anilines is 1. The van der Waals surface area contributed by atoms with Crippen molar-refractivity contribution in [1.29, 1.82) is 0 Å². The summed E-state index contributed by atoms with van der Waals surface area (Å²) in [5.41, 5.74) is 1.64. The Bertz CT molecular complexity index is 990. The second-order valence-corrected chi connectivity index (χ2v) is 7.31. The van der Waals surface area contributed by atoms with E-state index < -0.39 is 0 Å². The third-order valence-electron chi connectivity index (χ3n) is 5.05. The minimum absolute atomic E-state index is 0.0550. The van der Waals surface area contributed by atoms with Gasteiger partial charge in [-0.05, 0) is 42.7 Å². The number of amides is 1. The highest BCUT2D eigenvalue weighted by atomic mass is 35.5.